The van der Waals surface area contributed by atoms with Crippen molar-refractivity contribution in [2.45, 2.75) is 31.4 Å². The maximum Gasteiger partial charge on any atom is 0.143 e. The number of hydrogen-bond acceptors (Lipinski definition) is 5. The Morgan fingerprint density at radius 1 is 0.939 bits per heavy atom. The molecule has 3 aromatic carbocycles. The standard InChI is InChI=1S/C26H27Cl2NO4/c1-17(29-16-20-12-21(27)13-22(28)25(20)30)26(31,14-18-8-4-6-10-23(18)32-2)15-19-9-5-7-11-24(19)33-3/h4-13,16-17,30-31H,14-15H2,1-3H3. The number of rotatable bonds is 9. The minimum Gasteiger partial charge on any atom is -0.506 e. The van der Waals surface area contributed by atoms with Gasteiger partial charge in [-0.2, -0.15) is 0 Å². The minimum atomic E-state index is -1.29. The number of halogens is 2. The van der Waals surface area contributed by atoms with Crippen LogP contribution in [0.25, 0.3) is 0 Å². The van der Waals surface area contributed by atoms with Crippen LogP contribution in [-0.2, 0) is 12.8 Å². The fourth-order valence-corrected chi connectivity index (χ4v) is 4.24. The lowest BCUT2D eigenvalue weighted by atomic mass is 9.82. The van der Waals surface area contributed by atoms with Crippen molar-refractivity contribution >= 4 is 29.4 Å². The minimum absolute atomic E-state index is 0.116. The molecule has 0 spiro atoms. The van der Waals surface area contributed by atoms with Gasteiger partial charge < -0.3 is 19.7 Å². The van der Waals surface area contributed by atoms with Crippen LogP contribution in [0.15, 0.2) is 65.7 Å². The second kappa shape index (κ2) is 10.9. The number of benzene rings is 3. The zero-order valence-corrected chi connectivity index (χ0v) is 20.3. The Balaban J connectivity index is 2.00. The maximum atomic E-state index is 11.9. The van der Waals surface area contributed by atoms with Gasteiger partial charge in [-0.1, -0.05) is 59.6 Å². The molecule has 3 rings (SSSR count). The smallest absolute Gasteiger partial charge is 0.143 e. The molecule has 0 bridgehead atoms. The van der Waals surface area contributed by atoms with Gasteiger partial charge in [-0.05, 0) is 42.3 Å². The third-order valence-corrected chi connectivity index (χ3v) is 6.16. The summed E-state index contributed by atoms with van der Waals surface area (Å²) in [6.45, 7) is 1.82. The molecule has 33 heavy (non-hydrogen) atoms. The summed E-state index contributed by atoms with van der Waals surface area (Å²) >= 11 is 12.1. The molecular weight excluding hydrogens is 461 g/mol. The van der Waals surface area contributed by atoms with Crippen LogP contribution in [0.1, 0.15) is 23.6 Å². The maximum absolute atomic E-state index is 11.9. The number of methoxy groups -OCH3 is 2. The molecule has 7 heteroatoms. The highest BCUT2D eigenvalue weighted by Crippen LogP contribution is 2.33. The predicted molar refractivity (Wildman–Crippen MR) is 134 cm³/mol. The Kier molecular flexibility index (Phi) is 8.25. The molecule has 0 radical (unpaired) electrons. The van der Waals surface area contributed by atoms with Gasteiger partial charge in [0.1, 0.15) is 17.2 Å². The molecule has 5 nitrogen and oxygen atoms in total. The van der Waals surface area contributed by atoms with Crippen LogP contribution >= 0.6 is 23.2 Å². The molecule has 0 aromatic heterocycles. The quantitative estimate of drug-likeness (QED) is 0.377. The summed E-state index contributed by atoms with van der Waals surface area (Å²) in [7, 11) is 3.21. The first-order chi connectivity index (χ1) is 15.8. The highest BCUT2D eigenvalue weighted by atomic mass is 35.5. The third-order valence-electron chi connectivity index (χ3n) is 5.65. The lowest BCUT2D eigenvalue weighted by molar-refractivity contribution is 0.0199. The Hall–Kier alpha value is -2.73. The van der Waals surface area contributed by atoms with Gasteiger partial charge >= 0.3 is 0 Å². The lowest BCUT2D eigenvalue weighted by Crippen LogP contribution is -2.44. The van der Waals surface area contributed by atoms with Gasteiger partial charge in [0.2, 0.25) is 0 Å². The molecule has 0 aliphatic rings. The number of hydrogen-bond donors (Lipinski definition) is 2. The van der Waals surface area contributed by atoms with Crippen LogP contribution in [-0.4, -0.2) is 42.3 Å². The van der Waals surface area contributed by atoms with E-state index in [0.29, 0.717) is 22.1 Å². The van der Waals surface area contributed by atoms with Crippen LogP contribution < -0.4 is 9.47 Å². The number of para-hydroxylation sites is 2. The highest BCUT2D eigenvalue weighted by molar-refractivity contribution is 6.36. The summed E-state index contributed by atoms with van der Waals surface area (Å²) in [6.07, 6.45) is 2.05. The van der Waals surface area contributed by atoms with Gasteiger partial charge in [0.25, 0.3) is 0 Å². The first kappa shape index (κ1) is 24.9. The van der Waals surface area contributed by atoms with Crippen LogP contribution in [0.4, 0.5) is 0 Å². The average Bonchev–Trinajstić information content (AvgIpc) is 2.80. The van der Waals surface area contributed by atoms with E-state index in [9.17, 15) is 10.2 Å². The predicted octanol–water partition coefficient (Wildman–Crippen LogP) is 5.74. The second-order valence-corrected chi connectivity index (χ2v) is 8.70. The molecular formula is C26H27Cl2NO4. The molecule has 1 unspecified atom stereocenters. The Morgan fingerprint density at radius 2 is 1.45 bits per heavy atom. The van der Waals surface area contributed by atoms with E-state index in [1.165, 1.54) is 12.3 Å². The topological polar surface area (TPSA) is 71.3 Å². The number of phenolic OH excluding ortho intramolecular Hbond substituents is 1. The van der Waals surface area contributed by atoms with E-state index in [4.69, 9.17) is 32.7 Å². The molecule has 0 aliphatic heterocycles. The van der Waals surface area contributed by atoms with Crippen molar-refractivity contribution in [3.05, 3.63) is 87.4 Å². The fourth-order valence-electron chi connectivity index (χ4n) is 3.73. The highest BCUT2D eigenvalue weighted by Gasteiger charge is 2.36. The summed E-state index contributed by atoms with van der Waals surface area (Å²) in [5, 5.41) is 22.7. The summed E-state index contributed by atoms with van der Waals surface area (Å²) < 4.78 is 11.0. The monoisotopic (exact) mass is 487 g/mol. The van der Waals surface area contributed by atoms with Gasteiger partial charge in [-0.3, -0.25) is 4.99 Å². The molecule has 2 N–H and O–H groups in total. The number of phenols is 1. The van der Waals surface area contributed by atoms with E-state index in [1.807, 2.05) is 55.5 Å². The normalized spacial score (nSPS) is 12.7. The third kappa shape index (κ3) is 5.99. The van der Waals surface area contributed by atoms with Crippen molar-refractivity contribution in [2.24, 2.45) is 4.99 Å². The average molecular weight is 488 g/mol. The molecule has 174 valence electrons. The van der Waals surface area contributed by atoms with Gasteiger partial charge in [-0.25, -0.2) is 0 Å². The number of nitrogens with zero attached hydrogens (tertiary/aromatic N) is 1. The molecule has 0 aliphatic carbocycles. The summed E-state index contributed by atoms with van der Waals surface area (Å²) in [4.78, 5) is 4.58. The number of aromatic hydroxyl groups is 1. The van der Waals surface area contributed by atoms with E-state index >= 15 is 0 Å². The number of aliphatic imine (C=N–C) groups is 1. The first-order valence-electron chi connectivity index (χ1n) is 10.4. The van der Waals surface area contributed by atoms with Gasteiger partial charge in [0.15, 0.2) is 0 Å². The van der Waals surface area contributed by atoms with E-state index in [-0.39, 0.29) is 23.6 Å². The first-order valence-corrected chi connectivity index (χ1v) is 11.2. The molecule has 0 fully saturated rings. The summed E-state index contributed by atoms with van der Waals surface area (Å²) in [5.41, 5.74) is 0.787. The molecule has 1 atom stereocenters. The van der Waals surface area contributed by atoms with Crippen LogP contribution in [0.2, 0.25) is 10.0 Å². The largest absolute Gasteiger partial charge is 0.506 e. The zero-order valence-electron chi connectivity index (χ0n) is 18.8. The Labute approximate surface area is 204 Å². The van der Waals surface area contributed by atoms with Crippen LogP contribution in [0.3, 0.4) is 0 Å². The second-order valence-electron chi connectivity index (χ2n) is 7.86. The summed E-state index contributed by atoms with van der Waals surface area (Å²) in [6, 6.07) is 17.6. The number of aliphatic hydroxyl groups is 1. The fraction of sp³-hybridized carbons (Fsp3) is 0.269. The van der Waals surface area contributed by atoms with Gasteiger partial charge in [0.05, 0.1) is 30.9 Å². The van der Waals surface area contributed by atoms with Crippen molar-refractivity contribution in [1.29, 1.82) is 0 Å². The summed E-state index contributed by atoms with van der Waals surface area (Å²) in [5.74, 6) is 1.26. The van der Waals surface area contributed by atoms with Crippen molar-refractivity contribution in [1.82, 2.24) is 0 Å². The molecule has 0 saturated carbocycles. The molecule has 0 saturated heterocycles. The van der Waals surface area contributed by atoms with Gasteiger partial charge in [0, 0.05) is 29.6 Å². The van der Waals surface area contributed by atoms with Gasteiger partial charge in [-0.15, -0.1) is 0 Å². The Morgan fingerprint density at radius 3 is 1.97 bits per heavy atom. The van der Waals surface area contributed by atoms with Crippen LogP contribution in [0.5, 0.6) is 17.2 Å². The van der Waals surface area contributed by atoms with Crippen molar-refractivity contribution in [3.63, 3.8) is 0 Å². The molecule has 0 heterocycles. The van der Waals surface area contributed by atoms with E-state index < -0.39 is 11.6 Å². The molecule has 0 amide bonds. The SMILES string of the molecule is COc1ccccc1CC(O)(Cc1ccccc1OC)C(C)N=Cc1cc(Cl)cc(Cl)c1O. The van der Waals surface area contributed by atoms with Crippen molar-refractivity contribution in [2.75, 3.05) is 14.2 Å². The lowest BCUT2D eigenvalue weighted by Gasteiger charge is -2.33. The molecule has 3 aromatic rings. The van der Waals surface area contributed by atoms with E-state index in [2.05, 4.69) is 4.99 Å². The Bertz CT molecular complexity index is 1080. The zero-order chi connectivity index (χ0) is 24.0. The number of ether oxygens (including phenoxy) is 2. The van der Waals surface area contributed by atoms with Crippen LogP contribution in [0, 0.1) is 0 Å². The van der Waals surface area contributed by atoms with E-state index in [1.54, 1.807) is 20.3 Å². The van der Waals surface area contributed by atoms with E-state index in [0.717, 1.165) is 11.1 Å². The van der Waals surface area contributed by atoms with Crippen molar-refractivity contribution < 1.29 is 19.7 Å². The van der Waals surface area contributed by atoms with Crippen molar-refractivity contribution in [3.8, 4) is 17.2 Å².